The van der Waals surface area contributed by atoms with E-state index in [1.54, 1.807) is 48.5 Å². The molecule has 0 spiro atoms. The van der Waals surface area contributed by atoms with Crippen LogP contribution in [0.5, 0.6) is 0 Å². The van der Waals surface area contributed by atoms with Crippen molar-refractivity contribution in [1.29, 1.82) is 0 Å². The summed E-state index contributed by atoms with van der Waals surface area (Å²) in [4.78, 5) is 12.5. The van der Waals surface area contributed by atoms with Gasteiger partial charge >= 0.3 is 0 Å². The number of likely N-dealkylation sites (N-methyl/N-ethyl adjacent to an activating group) is 1. The molecule has 2 aromatic rings. The number of ketones is 1. The average molecular weight is 255 g/mol. The number of rotatable bonds is 5. The summed E-state index contributed by atoms with van der Waals surface area (Å²) in [5.74, 6) is -0.346. The van der Waals surface area contributed by atoms with E-state index in [9.17, 15) is 9.90 Å². The van der Waals surface area contributed by atoms with Crippen LogP contribution in [0.15, 0.2) is 60.7 Å². The SMILES string of the molecule is CCNC(O)(C(=O)c1ccccc1)c1ccccc1. The normalized spacial score (nSPS) is 13.8. The van der Waals surface area contributed by atoms with Crippen molar-refractivity contribution in [2.24, 2.45) is 0 Å². The molecule has 0 aliphatic carbocycles. The van der Waals surface area contributed by atoms with Crippen molar-refractivity contribution in [3.8, 4) is 0 Å². The number of hydrogen-bond acceptors (Lipinski definition) is 3. The fourth-order valence-electron chi connectivity index (χ4n) is 2.05. The summed E-state index contributed by atoms with van der Waals surface area (Å²) in [7, 11) is 0. The highest BCUT2D eigenvalue weighted by atomic mass is 16.3. The van der Waals surface area contributed by atoms with Gasteiger partial charge in [-0.1, -0.05) is 67.6 Å². The van der Waals surface area contributed by atoms with Gasteiger partial charge in [-0.15, -0.1) is 0 Å². The summed E-state index contributed by atoms with van der Waals surface area (Å²) in [6.45, 7) is 2.34. The Labute approximate surface area is 112 Å². The second kappa shape index (κ2) is 5.78. The molecule has 0 aliphatic heterocycles. The van der Waals surface area contributed by atoms with Crippen molar-refractivity contribution < 1.29 is 9.90 Å². The molecule has 0 saturated heterocycles. The maximum absolute atomic E-state index is 12.5. The monoisotopic (exact) mass is 255 g/mol. The Kier molecular flexibility index (Phi) is 4.10. The van der Waals surface area contributed by atoms with Gasteiger partial charge in [-0.25, -0.2) is 0 Å². The first-order valence-corrected chi connectivity index (χ1v) is 6.31. The number of Topliss-reactive ketones (excluding diaryl/α,β-unsaturated/α-hetero) is 1. The number of benzene rings is 2. The van der Waals surface area contributed by atoms with Crippen molar-refractivity contribution in [3.63, 3.8) is 0 Å². The van der Waals surface area contributed by atoms with Crippen molar-refractivity contribution in [2.45, 2.75) is 12.6 Å². The van der Waals surface area contributed by atoms with Crippen LogP contribution in [0, 0.1) is 0 Å². The highest BCUT2D eigenvalue weighted by molar-refractivity contribution is 6.02. The molecule has 2 aromatic carbocycles. The zero-order valence-electron chi connectivity index (χ0n) is 10.8. The summed E-state index contributed by atoms with van der Waals surface area (Å²) in [6, 6.07) is 17.7. The van der Waals surface area contributed by atoms with Gasteiger partial charge < -0.3 is 5.11 Å². The summed E-state index contributed by atoms with van der Waals surface area (Å²) in [5, 5.41) is 13.6. The molecule has 98 valence electrons. The van der Waals surface area contributed by atoms with Gasteiger partial charge in [0.15, 0.2) is 0 Å². The topological polar surface area (TPSA) is 49.3 Å². The molecular weight excluding hydrogens is 238 g/mol. The van der Waals surface area contributed by atoms with Crippen molar-refractivity contribution in [2.75, 3.05) is 6.54 Å². The fraction of sp³-hybridized carbons (Fsp3) is 0.188. The molecule has 0 bridgehead atoms. The van der Waals surface area contributed by atoms with Crippen LogP contribution in [0.1, 0.15) is 22.8 Å². The van der Waals surface area contributed by atoms with E-state index in [-0.39, 0.29) is 5.78 Å². The first-order chi connectivity index (χ1) is 9.18. The standard InChI is InChI=1S/C16H17NO2/c1-2-17-16(19,14-11-7-4-8-12-14)15(18)13-9-5-3-6-10-13/h3-12,17,19H,2H2,1H3. The second-order valence-corrected chi connectivity index (χ2v) is 4.30. The highest BCUT2D eigenvalue weighted by Crippen LogP contribution is 2.23. The van der Waals surface area contributed by atoms with E-state index < -0.39 is 5.72 Å². The lowest BCUT2D eigenvalue weighted by Crippen LogP contribution is -2.49. The second-order valence-electron chi connectivity index (χ2n) is 4.30. The molecule has 0 fully saturated rings. The molecule has 3 nitrogen and oxygen atoms in total. The Hall–Kier alpha value is -1.97. The molecule has 19 heavy (non-hydrogen) atoms. The molecule has 2 rings (SSSR count). The molecule has 1 unspecified atom stereocenters. The molecule has 0 heterocycles. The largest absolute Gasteiger partial charge is 0.365 e. The van der Waals surface area contributed by atoms with Gasteiger partial charge in [0.05, 0.1) is 0 Å². The van der Waals surface area contributed by atoms with E-state index in [2.05, 4.69) is 5.32 Å². The highest BCUT2D eigenvalue weighted by Gasteiger charge is 2.37. The van der Waals surface area contributed by atoms with E-state index >= 15 is 0 Å². The molecule has 0 amide bonds. The van der Waals surface area contributed by atoms with Gasteiger partial charge in [0, 0.05) is 11.1 Å². The predicted octanol–water partition coefficient (Wildman–Crippen LogP) is 2.32. The molecule has 0 aliphatic rings. The molecule has 0 aromatic heterocycles. The van der Waals surface area contributed by atoms with Crippen LogP contribution in [0.4, 0.5) is 0 Å². The summed E-state index contributed by atoms with van der Waals surface area (Å²) >= 11 is 0. The minimum Gasteiger partial charge on any atom is -0.365 e. The Balaban J connectivity index is 2.43. The number of nitrogens with one attached hydrogen (secondary N) is 1. The van der Waals surface area contributed by atoms with Crippen molar-refractivity contribution in [1.82, 2.24) is 5.32 Å². The molecule has 1 atom stereocenters. The third-order valence-corrected chi connectivity index (χ3v) is 2.99. The van der Waals surface area contributed by atoms with Gasteiger partial charge in [-0.05, 0) is 6.54 Å². The minimum atomic E-state index is -1.68. The van der Waals surface area contributed by atoms with Crippen LogP contribution >= 0.6 is 0 Å². The van der Waals surface area contributed by atoms with Crippen LogP contribution in [0.25, 0.3) is 0 Å². The molecule has 2 N–H and O–H groups in total. The van der Waals surface area contributed by atoms with Crippen molar-refractivity contribution >= 4 is 5.78 Å². The van der Waals surface area contributed by atoms with Crippen LogP contribution in [0.3, 0.4) is 0 Å². The zero-order chi connectivity index (χ0) is 13.7. The Morgan fingerprint density at radius 1 is 1.05 bits per heavy atom. The van der Waals surface area contributed by atoms with Gasteiger partial charge in [-0.2, -0.15) is 0 Å². The third kappa shape index (κ3) is 2.72. The first-order valence-electron chi connectivity index (χ1n) is 6.31. The van der Waals surface area contributed by atoms with Gasteiger partial charge in [-0.3, -0.25) is 10.1 Å². The zero-order valence-corrected chi connectivity index (χ0v) is 10.8. The van der Waals surface area contributed by atoms with Crippen LogP contribution in [-0.4, -0.2) is 17.4 Å². The number of carbonyl (C=O) groups excluding carboxylic acids is 1. The number of aliphatic hydroxyl groups is 1. The summed E-state index contributed by atoms with van der Waals surface area (Å²) in [6.07, 6.45) is 0. The first kappa shape index (κ1) is 13.5. The van der Waals surface area contributed by atoms with E-state index in [1.807, 2.05) is 19.1 Å². The van der Waals surface area contributed by atoms with Gasteiger partial charge in [0.1, 0.15) is 0 Å². The van der Waals surface area contributed by atoms with Crippen LogP contribution in [0.2, 0.25) is 0 Å². The van der Waals surface area contributed by atoms with Crippen LogP contribution < -0.4 is 5.32 Å². The van der Waals surface area contributed by atoms with Crippen LogP contribution in [-0.2, 0) is 5.72 Å². The fourth-order valence-corrected chi connectivity index (χ4v) is 2.05. The van der Waals surface area contributed by atoms with E-state index in [1.165, 1.54) is 0 Å². The Morgan fingerprint density at radius 2 is 1.58 bits per heavy atom. The molecule has 3 heteroatoms. The molecule has 0 radical (unpaired) electrons. The number of carbonyl (C=O) groups is 1. The van der Waals surface area contributed by atoms with E-state index in [0.29, 0.717) is 17.7 Å². The Morgan fingerprint density at radius 3 is 2.11 bits per heavy atom. The summed E-state index contributed by atoms with van der Waals surface area (Å²) in [5.41, 5.74) is -0.655. The molecule has 0 saturated carbocycles. The molecular formula is C16H17NO2. The Bertz CT molecular complexity index is 539. The van der Waals surface area contributed by atoms with Gasteiger partial charge in [0.25, 0.3) is 0 Å². The smallest absolute Gasteiger partial charge is 0.214 e. The maximum atomic E-state index is 12.5. The summed E-state index contributed by atoms with van der Waals surface area (Å²) < 4.78 is 0. The van der Waals surface area contributed by atoms with E-state index in [0.717, 1.165) is 0 Å². The number of hydrogen-bond donors (Lipinski definition) is 2. The average Bonchev–Trinajstić information content (AvgIpc) is 2.48. The minimum absolute atomic E-state index is 0.346. The third-order valence-electron chi connectivity index (χ3n) is 2.99. The lowest BCUT2D eigenvalue weighted by Gasteiger charge is -2.28. The van der Waals surface area contributed by atoms with E-state index in [4.69, 9.17) is 0 Å². The van der Waals surface area contributed by atoms with Gasteiger partial charge in [0.2, 0.25) is 11.5 Å². The lowest BCUT2D eigenvalue weighted by molar-refractivity contribution is 0.0107. The lowest BCUT2D eigenvalue weighted by atomic mass is 9.93. The van der Waals surface area contributed by atoms with Crippen molar-refractivity contribution in [3.05, 3.63) is 71.8 Å². The predicted molar refractivity (Wildman–Crippen MR) is 74.8 cm³/mol. The quantitative estimate of drug-likeness (QED) is 0.637. The maximum Gasteiger partial charge on any atom is 0.214 e.